The highest BCUT2D eigenvalue weighted by Gasteiger charge is 2.13. The first-order valence-corrected chi connectivity index (χ1v) is 10.3. The summed E-state index contributed by atoms with van der Waals surface area (Å²) in [5.41, 5.74) is 3.67. The molecule has 1 heterocycles. The SMILES string of the molecule is CC(C)(C)c1ccc(SCC(=O)NCc2ccc(Cn3cncn3)cc2)cc1. The van der Waals surface area contributed by atoms with Crippen molar-refractivity contribution in [2.24, 2.45) is 0 Å². The van der Waals surface area contributed by atoms with Gasteiger partial charge in [-0.05, 0) is 34.2 Å². The molecule has 1 amide bonds. The minimum Gasteiger partial charge on any atom is -0.351 e. The van der Waals surface area contributed by atoms with E-state index in [2.05, 4.69) is 72.6 Å². The Morgan fingerprint density at radius 2 is 1.71 bits per heavy atom. The lowest BCUT2D eigenvalue weighted by molar-refractivity contribution is -0.118. The second-order valence-corrected chi connectivity index (χ2v) is 8.80. The summed E-state index contributed by atoms with van der Waals surface area (Å²) in [5, 5.41) is 7.08. The molecule has 0 saturated heterocycles. The number of rotatable bonds is 7. The molecule has 28 heavy (non-hydrogen) atoms. The largest absolute Gasteiger partial charge is 0.351 e. The standard InChI is InChI=1S/C22H26N4OS/c1-22(2,3)19-8-10-20(11-9-19)28-14-21(27)24-12-17-4-6-18(7-5-17)13-26-16-23-15-25-26/h4-11,15-16H,12-14H2,1-3H3,(H,24,27). The maximum Gasteiger partial charge on any atom is 0.230 e. The van der Waals surface area contributed by atoms with E-state index in [0.29, 0.717) is 18.8 Å². The molecule has 0 radical (unpaired) electrons. The summed E-state index contributed by atoms with van der Waals surface area (Å²) in [7, 11) is 0. The number of aromatic nitrogens is 3. The molecule has 0 aliphatic carbocycles. The molecule has 0 fully saturated rings. The van der Waals surface area contributed by atoms with E-state index in [4.69, 9.17) is 0 Å². The fourth-order valence-corrected chi connectivity index (χ4v) is 3.44. The smallest absolute Gasteiger partial charge is 0.230 e. The maximum atomic E-state index is 12.1. The third-order valence-corrected chi connectivity index (χ3v) is 5.43. The van der Waals surface area contributed by atoms with Crippen LogP contribution in [0.5, 0.6) is 0 Å². The average molecular weight is 395 g/mol. The molecule has 0 aliphatic rings. The third kappa shape index (κ3) is 5.96. The minimum absolute atomic E-state index is 0.0385. The molecule has 0 atom stereocenters. The highest BCUT2D eigenvalue weighted by Crippen LogP contribution is 2.25. The molecule has 3 rings (SSSR count). The average Bonchev–Trinajstić information content (AvgIpc) is 3.18. The lowest BCUT2D eigenvalue weighted by atomic mass is 9.87. The van der Waals surface area contributed by atoms with Crippen molar-refractivity contribution in [3.63, 3.8) is 0 Å². The van der Waals surface area contributed by atoms with Gasteiger partial charge in [-0.1, -0.05) is 57.2 Å². The molecule has 1 N–H and O–H groups in total. The summed E-state index contributed by atoms with van der Waals surface area (Å²) in [4.78, 5) is 17.2. The fraction of sp³-hybridized carbons (Fsp3) is 0.318. The number of thioether (sulfide) groups is 1. The van der Waals surface area contributed by atoms with Crippen molar-refractivity contribution in [3.05, 3.63) is 77.9 Å². The highest BCUT2D eigenvalue weighted by molar-refractivity contribution is 8.00. The number of carbonyl (C=O) groups is 1. The summed E-state index contributed by atoms with van der Waals surface area (Å²) in [6, 6.07) is 16.6. The number of nitrogens with zero attached hydrogens (tertiary/aromatic N) is 3. The summed E-state index contributed by atoms with van der Waals surface area (Å²) in [6.45, 7) is 7.82. The van der Waals surface area contributed by atoms with Gasteiger partial charge in [0.25, 0.3) is 0 Å². The first kappa shape index (κ1) is 20.1. The lowest BCUT2D eigenvalue weighted by Crippen LogP contribution is -2.24. The fourth-order valence-electron chi connectivity index (χ4n) is 2.72. The molecule has 5 nitrogen and oxygen atoms in total. The van der Waals surface area contributed by atoms with Gasteiger partial charge in [0, 0.05) is 11.4 Å². The van der Waals surface area contributed by atoms with Gasteiger partial charge < -0.3 is 5.32 Å². The zero-order valence-corrected chi connectivity index (χ0v) is 17.4. The van der Waals surface area contributed by atoms with Gasteiger partial charge in [-0.3, -0.25) is 4.79 Å². The Morgan fingerprint density at radius 1 is 1.04 bits per heavy atom. The van der Waals surface area contributed by atoms with Crippen molar-refractivity contribution in [1.29, 1.82) is 0 Å². The van der Waals surface area contributed by atoms with Gasteiger partial charge in [0.1, 0.15) is 12.7 Å². The lowest BCUT2D eigenvalue weighted by Gasteiger charge is -2.19. The predicted octanol–water partition coefficient (Wildman–Crippen LogP) is 4.03. The van der Waals surface area contributed by atoms with Gasteiger partial charge in [0.2, 0.25) is 5.91 Å². The first-order chi connectivity index (χ1) is 13.4. The van der Waals surface area contributed by atoms with Crippen LogP contribution in [0, 0.1) is 0 Å². The van der Waals surface area contributed by atoms with Gasteiger partial charge in [-0.25, -0.2) is 9.67 Å². The van der Waals surface area contributed by atoms with Crippen LogP contribution in [0.3, 0.4) is 0 Å². The minimum atomic E-state index is 0.0385. The number of amides is 1. The van der Waals surface area contributed by atoms with Crippen molar-refractivity contribution in [2.75, 3.05) is 5.75 Å². The Kier molecular flexibility index (Phi) is 6.52. The molecule has 1 aromatic heterocycles. The zero-order valence-electron chi connectivity index (χ0n) is 16.6. The van der Waals surface area contributed by atoms with Crippen molar-refractivity contribution in [1.82, 2.24) is 20.1 Å². The van der Waals surface area contributed by atoms with Crippen LogP contribution < -0.4 is 5.32 Å². The summed E-state index contributed by atoms with van der Waals surface area (Å²) < 4.78 is 1.78. The van der Waals surface area contributed by atoms with Crippen LogP contribution >= 0.6 is 11.8 Å². The first-order valence-electron chi connectivity index (χ1n) is 9.30. The third-order valence-electron chi connectivity index (χ3n) is 4.41. The van der Waals surface area contributed by atoms with Crippen LogP contribution in [0.2, 0.25) is 0 Å². The Balaban J connectivity index is 1.42. The predicted molar refractivity (Wildman–Crippen MR) is 113 cm³/mol. The molecular formula is C22H26N4OS. The van der Waals surface area contributed by atoms with E-state index in [1.807, 2.05) is 12.1 Å². The van der Waals surface area contributed by atoms with E-state index in [-0.39, 0.29) is 11.3 Å². The van der Waals surface area contributed by atoms with Crippen LogP contribution in [0.15, 0.2) is 66.1 Å². The number of hydrogen-bond donors (Lipinski definition) is 1. The molecule has 0 aliphatic heterocycles. The Bertz CT molecular complexity index is 882. The summed E-state index contributed by atoms with van der Waals surface area (Å²) in [6.07, 6.45) is 3.23. The zero-order chi connectivity index (χ0) is 20.0. The van der Waals surface area contributed by atoms with Gasteiger partial charge >= 0.3 is 0 Å². The maximum absolute atomic E-state index is 12.1. The second-order valence-electron chi connectivity index (χ2n) is 7.75. The topological polar surface area (TPSA) is 59.8 Å². The Hall–Kier alpha value is -2.60. The van der Waals surface area contributed by atoms with E-state index >= 15 is 0 Å². The van der Waals surface area contributed by atoms with E-state index in [9.17, 15) is 4.79 Å². The highest BCUT2D eigenvalue weighted by atomic mass is 32.2. The van der Waals surface area contributed by atoms with Crippen molar-refractivity contribution in [3.8, 4) is 0 Å². The number of carbonyl (C=O) groups excluding carboxylic acids is 1. The number of benzene rings is 2. The molecule has 0 spiro atoms. The van der Waals surface area contributed by atoms with E-state index < -0.39 is 0 Å². The molecule has 0 saturated carbocycles. The normalized spacial score (nSPS) is 11.4. The van der Waals surface area contributed by atoms with Gasteiger partial charge in [-0.2, -0.15) is 5.10 Å². The van der Waals surface area contributed by atoms with Crippen LogP contribution in [0.1, 0.15) is 37.5 Å². The van der Waals surface area contributed by atoms with Crippen molar-refractivity contribution < 1.29 is 4.79 Å². The second kappa shape index (κ2) is 9.06. The Morgan fingerprint density at radius 3 is 2.32 bits per heavy atom. The quantitative estimate of drug-likeness (QED) is 0.615. The Labute approximate surface area is 170 Å². The van der Waals surface area contributed by atoms with Crippen LogP contribution in [0.4, 0.5) is 0 Å². The molecule has 6 heteroatoms. The van der Waals surface area contributed by atoms with Crippen molar-refractivity contribution in [2.45, 2.75) is 44.2 Å². The molecule has 0 unspecified atom stereocenters. The van der Waals surface area contributed by atoms with Crippen molar-refractivity contribution >= 4 is 17.7 Å². The van der Waals surface area contributed by atoms with Gasteiger partial charge in [0.15, 0.2) is 0 Å². The van der Waals surface area contributed by atoms with E-state index in [0.717, 1.165) is 16.0 Å². The van der Waals surface area contributed by atoms with Crippen LogP contribution in [-0.2, 0) is 23.3 Å². The molecule has 146 valence electrons. The molecule has 0 bridgehead atoms. The van der Waals surface area contributed by atoms with E-state index in [1.165, 1.54) is 11.9 Å². The number of nitrogens with one attached hydrogen (secondary N) is 1. The van der Waals surface area contributed by atoms with Crippen LogP contribution in [-0.4, -0.2) is 26.4 Å². The molecule has 2 aromatic carbocycles. The monoisotopic (exact) mass is 394 g/mol. The summed E-state index contributed by atoms with van der Waals surface area (Å²) in [5.74, 6) is 0.454. The van der Waals surface area contributed by atoms with Gasteiger partial charge in [-0.15, -0.1) is 11.8 Å². The number of hydrogen-bond acceptors (Lipinski definition) is 4. The molecular weight excluding hydrogens is 368 g/mol. The summed E-state index contributed by atoms with van der Waals surface area (Å²) >= 11 is 1.56. The van der Waals surface area contributed by atoms with Gasteiger partial charge in [0.05, 0.1) is 12.3 Å². The van der Waals surface area contributed by atoms with Crippen LogP contribution in [0.25, 0.3) is 0 Å². The van der Waals surface area contributed by atoms with E-state index in [1.54, 1.807) is 22.8 Å². The molecule has 3 aromatic rings.